The maximum atomic E-state index is 12.6. The van der Waals surface area contributed by atoms with E-state index in [1.807, 2.05) is 20.1 Å². The third-order valence-electron chi connectivity index (χ3n) is 4.37. The number of amides is 1. The number of nitrogens with zero attached hydrogens (tertiary/aromatic N) is 3. The van der Waals surface area contributed by atoms with Crippen LogP contribution < -0.4 is 0 Å². The maximum Gasteiger partial charge on any atom is 0.308 e. The van der Waals surface area contributed by atoms with Crippen LogP contribution in [0.25, 0.3) is 0 Å². The van der Waals surface area contributed by atoms with E-state index in [0.29, 0.717) is 19.4 Å². The van der Waals surface area contributed by atoms with E-state index < -0.39 is 11.9 Å². The third-order valence-corrected chi connectivity index (χ3v) is 4.92. The minimum absolute atomic E-state index is 0.0262. The van der Waals surface area contributed by atoms with E-state index in [1.54, 1.807) is 11.8 Å². The zero-order valence-electron chi connectivity index (χ0n) is 14.7. The Bertz CT molecular complexity index is 609. The normalized spacial score (nSPS) is 15.2. The van der Waals surface area contributed by atoms with E-state index >= 15 is 0 Å². The summed E-state index contributed by atoms with van der Waals surface area (Å²) >= 11 is 1.50. The highest BCUT2D eigenvalue weighted by Gasteiger charge is 2.34. The summed E-state index contributed by atoms with van der Waals surface area (Å²) < 4.78 is 0. The van der Waals surface area contributed by atoms with E-state index in [4.69, 9.17) is 5.11 Å². The predicted octanol–water partition coefficient (Wildman–Crippen LogP) is 2.46. The van der Waals surface area contributed by atoms with Gasteiger partial charge in [-0.25, -0.2) is 9.97 Å². The molecule has 1 aliphatic carbocycles. The molecule has 1 unspecified atom stereocenters. The van der Waals surface area contributed by atoms with Crippen LogP contribution in [0.1, 0.15) is 43.1 Å². The van der Waals surface area contributed by atoms with Crippen LogP contribution in [-0.2, 0) is 16.0 Å². The molecule has 0 radical (unpaired) electrons. The second-order valence-corrected chi connectivity index (χ2v) is 7.15. The zero-order chi connectivity index (χ0) is 17.9. The summed E-state index contributed by atoms with van der Waals surface area (Å²) in [5.41, 5.74) is 2.84. The summed E-state index contributed by atoms with van der Waals surface area (Å²) in [5.74, 6) is -1.37. The molecule has 1 aliphatic rings. The summed E-state index contributed by atoms with van der Waals surface area (Å²) in [6.07, 6.45) is 4.85. The molecule has 1 amide bonds. The molecule has 2 rings (SSSR count). The number of aliphatic carboxylic acids is 1. The molecule has 1 heterocycles. The Labute approximate surface area is 147 Å². The first-order valence-corrected chi connectivity index (χ1v) is 9.46. The number of aryl methyl sites for hydroxylation is 2. The van der Waals surface area contributed by atoms with Gasteiger partial charge in [0.25, 0.3) is 0 Å². The lowest BCUT2D eigenvalue weighted by Gasteiger charge is -2.24. The second-order valence-electron chi connectivity index (χ2n) is 6.38. The Kier molecular flexibility index (Phi) is 6.21. The number of carboxylic acids is 1. The average molecular weight is 351 g/mol. The summed E-state index contributed by atoms with van der Waals surface area (Å²) in [6.45, 7) is 5.83. The first-order chi connectivity index (χ1) is 11.3. The molecule has 0 aromatic carbocycles. The molecule has 1 N–H and O–H groups in total. The van der Waals surface area contributed by atoms with Crippen molar-refractivity contribution in [2.45, 2.75) is 57.7 Å². The highest BCUT2D eigenvalue weighted by Crippen LogP contribution is 2.28. The predicted molar refractivity (Wildman–Crippen MR) is 93.1 cm³/mol. The van der Waals surface area contributed by atoms with E-state index in [1.165, 1.54) is 11.8 Å². The highest BCUT2D eigenvalue weighted by molar-refractivity contribution is 7.98. The number of carboxylic acid groups (broad SMARTS) is 1. The van der Waals surface area contributed by atoms with Gasteiger partial charge in [0.15, 0.2) is 5.16 Å². The first kappa shape index (κ1) is 18.7. The summed E-state index contributed by atoms with van der Waals surface area (Å²) in [5, 5.41) is 9.83. The van der Waals surface area contributed by atoms with Crippen LogP contribution in [0.2, 0.25) is 0 Å². The molecule has 132 valence electrons. The van der Waals surface area contributed by atoms with Gasteiger partial charge < -0.3 is 10.0 Å². The first-order valence-electron chi connectivity index (χ1n) is 8.23. The van der Waals surface area contributed by atoms with Crippen LogP contribution in [0.15, 0.2) is 5.16 Å². The van der Waals surface area contributed by atoms with Crippen molar-refractivity contribution in [2.24, 2.45) is 5.92 Å². The van der Waals surface area contributed by atoms with Gasteiger partial charge in [0.05, 0.1) is 5.92 Å². The number of hydrogen-bond donors (Lipinski definition) is 1. The van der Waals surface area contributed by atoms with Crippen LogP contribution in [0.4, 0.5) is 0 Å². The lowest BCUT2D eigenvalue weighted by atomic mass is 10.1. The van der Waals surface area contributed by atoms with Crippen LogP contribution in [0.3, 0.4) is 0 Å². The Morgan fingerprint density at radius 1 is 1.29 bits per heavy atom. The van der Waals surface area contributed by atoms with E-state index in [2.05, 4.69) is 9.97 Å². The van der Waals surface area contributed by atoms with Crippen LogP contribution in [0.5, 0.6) is 0 Å². The van der Waals surface area contributed by atoms with Gasteiger partial charge in [-0.05, 0) is 44.9 Å². The van der Waals surface area contributed by atoms with Crippen molar-refractivity contribution >= 4 is 23.6 Å². The number of hydrogen-bond acceptors (Lipinski definition) is 5. The molecule has 1 fully saturated rings. The fourth-order valence-corrected chi connectivity index (χ4v) is 3.21. The molecule has 0 spiro atoms. The van der Waals surface area contributed by atoms with Gasteiger partial charge in [0.2, 0.25) is 5.91 Å². The molecule has 1 saturated carbocycles. The Hall–Kier alpha value is -1.63. The largest absolute Gasteiger partial charge is 0.481 e. The van der Waals surface area contributed by atoms with Gasteiger partial charge in [-0.15, -0.1) is 0 Å². The van der Waals surface area contributed by atoms with E-state index in [-0.39, 0.29) is 11.9 Å². The summed E-state index contributed by atoms with van der Waals surface area (Å²) in [4.78, 5) is 34.3. The number of aromatic nitrogens is 2. The highest BCUT2D eigenvalue weighted by atomic mass is 32.2. The molecule has 6 nitrogen and oxygen atoms in total. The summed E-state index contributed by atoms with van der Waals surface area (Å²) in [6, 6.07) is 0.219. The van der Waals surface area contributed by atoms with Gasteiger partial charge in [0, 0.05) is 30.4 Å². The minimum atomic E-state index is -0.860. The van der Waals surface area contributed by atoms with Crippen LogP contribution in [0, 0.1) is 19.8 Å². The smallest absolute Gasteiger partial charge is 0.308 e. The van der Waals surface area contributed by atoms with Crippen molar-refractivity contribution in [1.82, 2.24) is 14.9 Å². The quantitative estimate of drug-likeness (QED) is 0.572. The molecular formula is C17H25N3O3S. The van der Waals surface area contributed by atoms with E-state index in [0.717, 1.165) is 34.9 Å². The third kappa shape index (κ3) is 4.69. The van der Waals surface area contributed by atoms with Gasteiger partial charge in [-0.2, -0.15) is 0 Å². The number of rotatable bonds is 8. The maximum absolute atomic E-state index is 12.6. The van der Waals surface area contributed by atoms with Crippen molar-refractivity contribution in [3.8, 4) is 0 Å². The van der Waals surface area contributed by atoms with Gasteiger partial charge in [0.1, 0.15) is 0 Å². The van der Waals surface area contributed by atoms with E-state index in [9.17, 15) is 9.59 Å². The molecule has 1 aromatic heterocycles. The molecular weight excluding hydrogens is 326 g/mol. The number of carbonyl (C=O) groups is 2. The lowest BCUT2D eigenvalue weighted by molar-refractivity contribution is -0.143. The number of carbonyl (C=O) groups excluding carboxylic acids is 1. The van der Waals surface area contributed by atoms with Crippen LogP contribution >= 0.6 is 11.8 Å². The molecule has 24 heavy (non-hydrogen) atoms. The van der Waals surface area contributed by atoms with Crippen molar-refractivity contribution < 1.29 is 14.7 Å². The van der Waals surface area contributed by atoms with Crippen molar-refractivity contribution in [1.29, 1.82) is 0 Å². The Morgan fingerprint density at radius 3 is 2.33 bits per heavy atom. The Balaban J connectivity index is 2.02. The molecule has 0 aliphatic heterocycles. The van der Waals surface area contributed by atoms with Gasteiger partial charge in [-0.1, -0.05) is 18.7 Å². The molecule has 1 atom stereocenters. The molecule has 0 bridgehead atoms. The SMILES string of the molecule is CSc1nc(C)c(CCC(=O)N(CC(C)C(=O)O)C2CC2)c(C)n1. The monoisotopic (exact) mass is 351 g/mol. The number of thioether (sulfide) groups is 1. The standard InChI is InChI=1S/C17H25N3O3S/c1-10(16(22)23)9-20(13-5-6-13)15(21)8-7-14-11(2)18-17(24-4)19-12(14)3/h10,13H,5-9H2,1-4H3,(H,22,23). The van der Waals surface area contributed by atoms with Crippen LogP contribution in [-0.4, -0.2) is 50.7 Å². The van der Waals surface area contributed by atoms with Crippen molar-refractivity contribution in [2.75, 3.05) is 12.8 Å². The minimum Gasteiger partial charge on any atom is -0.481 e. The van der Waals surface area contributed by atoms with Gasteiger partial charge in [-0.3, -0.25) is 9.59 Å². The fourth-order valence-electron chi connectivity index (χ4n) is 2.75. The second kappa shape index (κ2) is 7.96. The summed E-state index contributed by atoms with van der Waals surface area (Å²) in [7, 11) is 0. The van der Waals surface area contributed by atoms with Gasteiger partial charge >= 0.3 is 5.97 Å². The molecule has 7 heteroatoms. The Morgan fingerprint density at radius 2 is 1.88 bits per heavy atom. The van der Waals surface area contributed by atoms with Crippen molar-refractivity contribution in [3.05, 3.63) is 17.0 Å². The molecule has 0 saturated heterocycles. The van der Waals surface area contributed by atoms with Crippen molar-refractivity contribution in [3.63, 3.8) is 0 Å². The average Bonchev–Trinajstić information content (AvgIpc) is 3.35. The molecule has 1 aromatic rings. The lowest BCUT2D eigenvalue weighted by Crippen LogP contribution is -2.38. The zero-order valence-corrected chi connectivity index (χ0v) is 15.5. The topological polar surface area (TPSA) is 83.4 Å². The fraction of sp³-hybridized carbons (Fsp3) is 0.647.